The van der Waals surface area contributed by atoms with Gasteiger partial charge in [0.1, 0.15) is 0 Å². The Bertz CT molecular complexity index is 752. The van der Waals surface area contributed by atoms with Crippen LogP contribution in [-0.4, -0.2) is 16.6 Å². The zero-order valence-corrected chi connectivity index (χ0v) is 14.8. The highest BCUT2D eigenvalue weighted by molar-refractivity contribution is 7.80. The number of rotatable bonds is 5. The van der Waals surface area contributed by atoms with Crippen LogP contribution in [0.25, 0.3) is 0 Å². The van der Waals surface area contributed by atoms with Gasteiger partial charge in [-0.3, -0.25) is 20.5 Å². The average Bonchev–Trinajstić information content (AvgIpc) is 2.55. The van der Waals surface area contributed by atoms with Crippen LogP contribution < -0.4 is 15.8 Å². The number of nitrogens with zero attached hydrogens (tertiary/aromatic N) is 2. The van der Waals surface area contributed by atoms with Crippen LogP contribution in [0.2, 0.25) is 5.02 Å². The molecule has 24 heavy (non-hydrogen) atoms. The molecule has 0 saturated carbocycles. The summed E-state index contributed by atoms with van der Waals surface area (Å²) >= 11 is 11.3. The predicted molar refractivity (Wildman–Crippen MR) is 102 cm³/mol. The number of hydrogen-bond donors (Lipinski definition) is 2. The van der Waals surface area contributed by atoms with Crippen molar-refractivity contribution in [2.75, 3.05) is 16.9 Å². The third-order valence-corrected chi connectivity index (χ3v) is 3.83. The molecule has 2 aromatic carbocycles. The number of nitro benzene ring substituents is 1. The lowest BCUT2D eigenvalue weighted by Gasteiger charge is -2.25. The number of nitrogens with one attached hydrogen (secondary N) is 2. The van der Waals surface area contributed by atoms with Gasteiger partial charge in [-0.1, -0.05) is 29.3 Å². The van der Waals surface area contributed by atoms with Crippen LogP contribution in [-0.2, 0) is 0 Å². The molecule has 2 N–H and O–H groups in total. The van der Waals surface area contributed by atoms with Crippen LogP contribution in [0, 0.1) is 17.0 Å². The number of thiocarbonyl (C=S) groups is 1. The maximum atomic E-state index is 10.9. The first-order valence-electron chi connectivity index (χ1n) is 7.26. The summed E-state index contributed by atoms with van der Waals surface area (Å²) in [5.41, 5.74) is 5.49. The minimum atomic E-state index is -0.483. The van der Waals surface area contributed by atoms with E-state index in [0.717, 1.165) is 5.69 Å². The van der Waals surface area contributed by atoms with Gasteiger partial charge >= 0.3 is 0 Å². The average molecular weight is 365 g/mol. The predicted octanol–water partition coefficient (Wildman–Crippen LogP) is 4.28. The van der Waals surface area contributed by atoms with E-state index in [1.54, 1.807) is 0 Å². The zero-order valence-electron chi connectivity index (χ0n) is 13.2. The first kappa shape index (κ1) is 18.0. The van der Waals surface area contributed by atoms with Crippen molar-refractivity contribution < 1.29 is 4.92 Å². The Morgan fingerprint density at radius 2 is 1.96 bits per heavy atom. The lowest BCUT2D eigenvalue weighted by atomic mass is 10.2. The van der Waals surface area contributed by atoms with E-state index in [0.29, 0.717) is 22.4 Å². The summed E-state index contributed by atoms with van der Waals surface area (Å²) in [6, 6.07) is 12.1. The Hall–Kier alpha value is -2.38. The standard InChI is InChI=1S/C16H17ClN4O2S/c1-3-20(12-6-4-11(2)5-7-12)19-16(24)18-15-10-13(21(22)23)8-9-14(15)17/h4-10H,3H2,1-2H3,(H2,18,19,24). The van der Waals surface area contributed by atoms with Crippen molar-refractivity contribution in [1.82, 2.24) is 5.43 Å². The van der Waals surface area contributed by atoms with Gasteiger partial charge in [0, 0.05) is 18.7 Å². The molecular formula is C16H17ClN4O2S. The highest BCUT2D eigenvalue weighted by Gasteiger charge is 2.12. The second kappa shape index (κ2) is 7.94. The van der Waals surface area contributed by atoms with Gasteiger partial charge in [-0.2, -0.15) is 0 Å². The van der Waals surface area contributed by atoms with Crippen molar-refractivity contribution in [2.45, 2.75) is 13.8 Å². The third kappa shape index (κ3) is 4.56. The molecule has 8 heteroatoms. The van der Waals surface area contributed by atoms with E-state index in [2.05, 4.69) is 10.7 Å². The summed E-state index contributed by atoms with van der Waals surface area (Å²) in [4.78, 5) is 10.4. The molecule has 126 valence electrons. The first-order valence-corrected chi connectivity index (χ1v) is 8.05. The topological polar surface area (TPSA) is 70.4 Å². The van der Waals surface area contributed by atoms with Crippen LogP contribution in [0.4, 0.5) is 17.1 Å². The molecule has 2 rings (SSSR count). The molecule has 0 unspecified atom stereocenters. The summed E-state index contributed by atoms with van der Waals surface area (Å²) in [5, 5.41) is 16.3. The van der Waals surface area contributed by atoms with Crippen molar-refractivity contribution in [3.05, 3.63) is 63.2 Å². The van der Waals surface area contributed by atoms with E-state index in [-0.39, 0.29) is 5.69 Å². The van der Waals surface area contributed by atoms with Gasteiger partial charge in [0.25, 0.3) is 5.69 Å². The smallest absolute Gasteiger partial charge is 0.271 e. The Morgan fingerprint density at radius 1 is 1.29 bits per heavy atom. The van der Waals surface area contributed by atoms with E-state index >= 15 is 0 Å². The number of halogens is 1. The molecule has 0 aliphatic heterocycles. The van der Waals surface area contributed by atoms with E-state index in [1.807, 2.05) is 43.1 Å². The third-order valence-electron chi connectivity index (χ3n) is 3.31. The molecule has 0 aromatic heterocycles. The monoisotopic (exact) mass is 364 g/mol. The SMILES string of the molecule is CCN(NC(=S)Nc1cc([N+](=O)[O-])ccc1Cl)c1ccc(C)cc1. The quantitative estimate of drug-likeness (QED) is 0.468. The molecule has 0 bridgehead atoms. The van der Waals surface area contributed by atoms with Crippen molar-refractivity contribution in [3.63, 3.8) is 0 Å². The maximum Gasteiger partial charge on any atom is 0.271 e. The molecule has 0 heterocycles. The minimum Gasteiger partial charge on any atom is -0.330 e. The van der Waals surface area contributed by atoms with Crippen molar-refractivity contribution in [3.8, 4) is 0 Å². The number of nitro groups is 1. The second-order valence-electron chi connectivity index (χ2n) is 5.07. The summed E-state index contributed by atoms with van der Waals surface area (Å²) in [6.45, 7) is 4.67. The van der Waals surface area contributed by atoms with Gasteiger partial charge in [0.05, 0.1) is 21.3 Å². The summed E-state index contributed by atoms with van der Waals surface area (Å²) in [5.74, 6) is 0. The molecule has 6 nitrogen and oxygen atoms in total. The number of non-ortho nitro benzene ring substituents is 1. The number of benzene rings is 2. The number of hydrogen-bond acceptors (Lipinski definition) is 4. The maximum absolute atomic E-state index is 10.9. The molecule has 0 aliphatic carbocycles. The normalized spacial score (nSPS) is 10.1. The Morgan fingerprint density at radius 3 is 2.54 bits per heavy atom. The highest BCUT2D eigenvalue weighted by Crippen LogP contribution is 2.26. The second-order valence-corrected chi connectivity index (χ2v) is 5.88. The number of aryl methyl sites for hydroxylation is 1. The molecule has 2 aromatic rings. The van der Waals surface area contributed by atoms with Crippen molar-refractivity contribution >= 4 is 46.0 Å². The zero-order chi connectivity index (χ0) is 17.7. The molecule has 0 saturated heterocycles. The van der Waals surface area contributed by atoms with Crippen LogP contribution in [0.15, 0.2) is 42.5 Å². The van der Waals surface area contributed by atoms with E-state index < -0.39 is 4.92 Å². The van der Waals surface area contributed by atoms with Crippen LogP contribution in [0.3, 0.4) is 0 Å². The van der Waals surface area contributed by atoms with Gasteiger partial charge in [-0.05, 0) is 44.3 Å². The molecule has 0 aliphatic rings. The van der Waals surface area contributed by atoms with Gasteiger partial charge in [0.15, 0.2) is 5.11 Å². The van der Waals surface area contributed by atoms with Crippen LogP contribution >= 0.6 is 23.8 Å². The molecule has 0 radical (unpaired) electrons. The fourth-order valence-electron chi connectivity index (χ4n) is 2.05. The van der Waals surface area contributed by atoms with E-state index in [1.165, 1.54) is 23.8 Å². The van der Waals surface area contributed by atoms with E-state index in [4.69, 9.17) is 23.8 Å². The summed E-state index contributed by atoms with van der Waals surface area (Å²) in [7, 11) is 0. The fourth-order valence-corrected chi connectivity index (χ4v) is 2.43. The minimum absolute atomic E-state index is 0.0596. The van der Waals surface area contributed by atoms with Gasteiger partial charge < -0.3 is 5.32 Å². The van der Waals surface area contributed by atoms with Gasteiger partial charge in [-0.15, -0.1) is 0 Å². The van der Waals surface area contributed by atoms with Crippen LogP contribution in [0.5, 0.6) is 0 Å². The summed E-state index contributed by atoms with van der Waals surface area (Å²) < 4.78 is 0. The molecule has 0 amide bonds. The molecular weight excluding hydrogens is 348 g/mol. The van der Waals surface area contributed by atoms with Gasteiger partial charge in [0.2, 0.25) is 0 Å². The lowest BCUT2D eigenvalue weighted by Crippen LogP contribution is -2.44. The Labute approximate surface area is 150 Å². The fraction of sp³-hybridized carbons (Fsp3) is 0.188. The van der Waals surface area contributed by atoms with Crippen LogP contribution in [0.1, 0.15) is 12.5 Å². The molecule has 0 atom stereocenters. The van der Waals surface area contributed by atoms with E-state index in [9.17, 15) is 10.1 Å². The number of hydrazine groups is 1. The number of anilines is 2. The van der Waals surface area contributed by atoms with Gasteiger partial charge in [-0.25, -0.2) is 0 Å². The Balaban J connectivity index is 2.10. The molecule has 0 fully saturated rings. The van der Waals surface area contributed by atoms with Crippen molar-refractivity contribution in [2.24, 2.45) is 0 Å². The first-order chi connectivity index (χ1) is 11.4. The highest BCUT2D eigenvalue weighted by atomic mass is 35.5. The lowest BCUT2D eigenvalue weighted by molar-refractivity contribution is -0.384. The largest absolute Gasteiger partial charge is 0.330 e. The Kier molecular flexibility index (Phi) is 5.94. The summed E-state index contributed by atoms with van der Waals surface area (Å²) in [6.07, 6.45) is 0. The molecule has 0 spiro atoms. The van der Waals surface area contributed by atoms with Crippen molar-refractivity contribution in [1.29, 1.82) is 0 Å².